The van der Waals surface area contributed by atoms with Gasteiger partial charge in [-0.1, -0.05) is 149 Å². The summed E-state index contributed by atoms with van der Waals surface area (Å²) in [5.74, 6) is 0. The molecule has 2 aliphatic heterocycles. The van der Waals surface area contributed by atoms with Crippen LogP contribution in [0, 0.1) is 0 Å². The SMILES string of the molecule is CC(C)(C)c1ccc(N2B3c4oc5ccc(C(C)(C)C)cc5c4N(c4ccc(C(C)(C)C)cc4)c4cc5c(c(c43)-c3cc4oc6ccccc6c4cc32)C(C)(C)c2ccccc2-5)cc1. The molecule has 0 saturated heterocycles. The fourth-order valence-corrected chi connectivity index (χ4v) is 11.3. The Kier molecular flexibility index (Phi) is 7.86. The summed E-state index contributed by atoms with van der Waals surface area (Å²) in [7, 11) is 0. The van der Waals surface area contributed by atoms with E-state index in [4.69, 9.17) is 8.83 Å². The van der Waals surface area contributed by atoms with Crippen molar-refractivity contribution in [3.63, 3.8) is 0 Å². The number of fused-ring (bicyclic) bond motifs is 13. The highest BCUT2D eigenvalue weighted by molar-refractivity contribution is 6.93. The van der Waals surface area contributed by atoms with E-state index in [1.54, 1.807) is 0 Å². The van der Waals surface area contributed by atoms with Crippen LogP contribution in [0.5, 0.6) is 0 Å². The lowest BCUT2D eigenvalue weighted by Crippen LogP contribution is -2.61. The fourth-order valence-electron chi connectivity index (χ4n) is 11.3. The minimum Gasteiger partial charge on any atom is -0.466 e. The van der Waals surface area contributed by atoms with Gasteiger partial charge < -0.3 is 18.5 Å². The van der Waals surface area contributed by atoms with E-state index in [0.29, 0.717) is 0 Å². The number of rotatable bonds is 2. The molecule has 316 valence electrons. The monoisotopic (exact) mass is 834 g/mol. The van der Waals surface area contributed by atoms with Crippen LogP contribution in [0.25, 0.3) is 55.2 Å². The minimum absolute atomic E-state index is 0.00562. The van der Waals surface area contributed by atoms with E-state index in [2.05, 4.69) is 219 Å². The van der Waals surface area contributed by atoms with Crippen molar-refractivity contribution >= 4 is 79.3 Å². The smallest absolute Gasteiger partial charge is 0.375 e. The van der Waals surface area contributed by atoms with Crippen LogP contribution in [-0.4, -0.2) is 6.85 Å². The molecule has 0 unspecified atom stereocenters. The van der Waals surface area contributed by atoms with Crippen LogP contribution >= 0.6 is 0 Å². The molecule has 0 atom stereocenters. The molecule has 12 rings (SSSR count). The summed E-state index contributed by atoms with van der Waals surface area (Å²) in [4.78, 5) is 5.12. The molecule has 5 heteroatoms. The molecular formula is C59H55BN2O2. The molecule has 4 heterocycles. The molecule has 0 N–H and O–H groups in total. The van der Waals surface area contributed by atoms with Crippen LogP contribution in [0.4, 0.5) is 28.4 Å². The van der Waals surface area contributed by atoms with E-state index >= 15 is 0 Å². The Morgan fingerprint density at radius 2 is 1.09 bits per heavy atom. The molecule has 3 aliphatic rings. The minimum atomic E-state index is -0.288. The van der Waals surface area contributed by atoms with Gasteiger partial charge in [0.15, 0.2) is 0 Å². The predicted octanol–water partition coefficient (Wildman–Crippen LogP) is 15.2. The van der Waals surface area contributed by atoms with Gasteiger partial charge in [-0.15, -0.1) is 0 Å². The van der Waals surface area contributed by atoms with Gasteiger partial charge in [0, 0.05) is 49.9 Å². The van der Waals surface area contributed by atoms with Crippen molar-refractivity contribution in [2.75, 3.05) is 9.71 Å². The first-order valence-corrected chi connectivity index (χ1v) is 23.0. The lowest BCUT2D eigenvalue weighted by Gasteiger charge is -2.45. The normalized spacial score (nSPS) is 15.1. The van der Waals surface area contributed by atoms with Crippen molar-refractivity contribution in [3.8, 4) is 22.3 Å². The van der Waals surface area contributed by atoms with Gasteiger partial charge in [-0.05, 0) is 127 Å². The van der Waals surface area contributed by atoms with Gasteiger partial charge in [-0.3, -0.25) is 0 Å². The highest BCUT2D eigenvalue weighted by Crippen LogP contribution is 2.59. The van der Waals surface area contributed by atoms with Gasteiger partial charge in [0.05, 0.1) is 5.69 Å². The fraction of sp³-hybridized carbons (Fsp3) is 0.254. The number of furan rings is 2. The number of benzene rings is 7. The molecule has 0 radical (unpaired) electrons. The Hall–Kier alpha value is -6.46. The first-order valence-electron chi connectivity index (χ1n) is 23.0. The van der Waals surface area contributed by atoms with Crippen LogP contribution < -0.4 is 20.8 Å². The average Bonchev–Trinajstić information content (AvgIpc) is 3.89. The quantitative estimate of drug-likeness (QED) is 0.162. The Balaban J connectivity index is 1.27. The summed E-state index contributed by atoms with van der Waals surface area (Å²) in [6.45, 7) is 25.2. The summed E-state index contributed by atoms with van der Waals surface area (Å²) in [5, 5.41) is 3.36. The number of hydrogen-bond donors (Lipinski definition) is 0. The Labute approximate surface area is 377 Å². The van der Waals surface area contributed by atoms with E-state index in [1.807, 2.05) is 0 Å². The first kappa shape index (κ1) is 39.2. The van der Waals surface area contributed by atoms with Crippen LogP contribution in [0.3, 0.4) is 0 Å². The second-order valence-electron chi connectivity index (χ2n) is 22.2. The maximum absolute atomic E-state index is 7.46. The molecule has 7 aromatic carbocycles. The number of para-hydroxylation sites is 1. The third-order valence-corrected chi connectivity index (χ3v) is 14.7. The molecular weight excluding hydrogens is 779 g/mol. The van der Waals surface area contributed by atoms with Gasteiger partial charge in [0.2, 0.25) is 0 Å². The van der Waals surface area contributed by atoms with Crippen molar-refractivity contribution in [1.82, 2.24) is 0 Å². The topological polar surface area (TPSA) is 32.8 Å². The summed E-state index contributed by atoms with van der Waals surface area (Å²) in [5.41, 5.74) is 21.9. The van der Waals surface area contributed by atoms with E-state index in [9.17, 15) is 0 Å². The average molecular weight is 835 g/mol. The molecule has 0 fully saturated rings. The van der Waals surface area contributed by atoms with E-state index in [1.165, 1.54) is 61.2 Å². The van der Waals surface area contributed by atoms with Crippen molar-refractivity contribution in [1.29, 1.82) is 0 Å². The summed E-state index contributed by atoms with van der Waals surface area (Å²) in [6, 6.07) is 50.2. The number of hydrogen-bond acceptors (Lipinski definition) is 4. The summed E-state index contributed by atoms with van der Waals surface area (Å²) >= 11 is 0. The van der Waals surface area contributed by atoms with Crippen molar-refractivity contribution in [2.45, 2.75) is 97.8 Å². The molecule has 9 aromatic rings. The molecule has 0 saturated carbocycles. The standard InChI is InChI=1S/C59H55BN2O2/c1-56(2,3)34-20-25-37(26-21-34)61-47-32-42-39-16-12-14-18-45(39)59(10,11)52(42)51-43-33-50-41(40-17-13-15-19-48(40)63-50)31-46(43)62(38-27-22-35(23-28-38)57(4,5)6)60(53(47)51)55-54(61)44-30-36(58(7,8)9)24-29-49(44)64-55/h12-33H,1-11H3. The van der Waals surface area contributed by atoms with Crippen molar-refractivity contribution < 1.29 is 8.83 Å². The van der Waals surface area contributed by atoms with Crippen LogP contribution in [0.2, 0.25) is 0 Å². The number of anilines is 5. The second-order valence-corrected chi connectivity index (χ2v) is 22.2. The summed E-state index contributed by atoms with van der Waals surface area (Å²) < 4.78 is 14.2. The summed E-state index contributed by atoms with van der Waals surface area (Å²) in [6.07, 6.45) is 0. The highest BCUT2D eigenvalue weighted by Gasteiger charge is 2.52. The first-order chi connectivity index (χ1) is 30.4. The van der Waals surface area contributed by atoms with Crippen LogP contribution in [0.1, 0.15) is 104 Å². The predicted molar refractivity (Wildman–Crippen MR) is 271 cm³/mol. The zero-order valence-electron chi connectivity index (χ0n) is 39.0. The molecule has 0 amide bonds. The molecule has 0 bridgehead atoms. The molecule has 4 nitrogen and oxygen atoms in total. The Morgan fingerprint density at radius 1 is 0.484 bits per heavy atom. The largest absolute Gasteiger partial charge is 0.466 e. The van der Waals surface area contributed by atoms with Crippen LogP contribution in [-0.2, 0) is 21.7 Å². The van der Waals surface area contributed by atoms with Gasteiger partial charge in [0.1, 0.15) is 22.4 Å². The number of nitrogens with zero attached hydrogens (tertiary/aromatic N) is 2. The zero-order valence-corrected chi connectivity index (χ0v) is 39.0. The van der Waals surface area contributed by atoms with Crippen molar-refractivity contribution in [3.05, 3.63) is 161 Å². The van der Waals surface area contributed by atoms with Crippen LogP contribution in [0.15, 0.2) is 142 Å². The van der Waals surface area contributed by atoms with E-state index in [0.717, 1.165) is 61.3 Å². The molecule has 1 aliphatic carbocycles. The maximum Gasteiger partial charge on any atom is 0.375 e. The molecule has 2 aromatic heterocycles. The highest BCUT2D eigenvalue weighted by atomic mass is 16.3. The maximum atomic E-state index is 7.46. The van der Waals surface area contributed by atoms with E-state index < -0.39 is 0 Å². The lowest BCUT2D eigenvalue weighted by atomic mass is 9.45. The van der Waals surface area contributed by atoms with Gasteiger partial charge in [-0.25, -0.2) is 0 Å². The third-order valence-electron chi connectivity index (χ3n) is 14.7. The van der Waals surface area contributed by atoms with Crippen molar-refractivity contribution in [2.24, 2.45) is 0 Å². The second kappa shape index (κ2) is 12.8. The van der Waals surface area contributed by atoms with Gasteiger partial charge >= 0.3 is 6.85 Å². The molecule has 0 spiro atoms. The Morgan fingerprint density at radius 3 is 1.78 bits per heavy atom. The van der Waals surface area contributed by atoms with Gasteiger partial charge in [-0.2, -0.15) is 0 Å². The zero-order chi connectivity index (χ0) is 44.4. The Bertz CT molecular complexity index is 3420. The third kappa shape index (κ3) is 5.42. The lowest BCUT2D eigenvalue weighted by molar-refractivity contribution is 0.590. The van der Waals surface area contributed by atoms with Gasteiger partial charge in [0.25, 0.3) is 0 Å². The molecule has 64 heavy (non-hydrogen) atoms. The van der Waals surface area contributed by atoms with E-state index in [-0.39, 0.29) is 28.5 Å².